The highest BCUT2D eigenvalue weighted by Gasteiger charge is 2.24. The van der Waals surface area contributed by atoms with Gasteiger partial charge in [-0.1, -0.05) is 42.5 Å². The van der Waals surface area contributed by atoms with Crippen molar-refractivity contribution in [3.63, 3.8) is 0 Å². The van der Waals surface area contributed by atoms with Crippen LogP contribution in [0.5, 0.6) is 0 Å². The van der Waals surface area contributed by atoms with E-state index in [4.69, 9.17) is 0 Å². The standard InChI is InChI=1S/C23H27FN2O3S/c24-22-11-9-21(10-12-22)15-18-30(28,29)25-23(27)26-16-13-20(14-17-26)8-4-7-19-5-2-1-3-6-19/h1-3,5-6,9-12,15,18,20H,4,7-8,13-14,16-17H2,(H,25,27)/b18-15+. The number of urea groups is 1. The Bertz CT molecular complexity index is 952. The third-order valence-corrected chi connectivity index (χ3v) is 6.32. The number of nitrogens with zero attached hydrogens (tertiary/aromatic N) is 1. The zero-order valence-electron chi connectivity index (χ0n) is 16.8. The molecule has 0 radical (unpaired) electrons. The summed E-state index contributed by atoms with van der Waals surface area (Å²) in [4.78, 5) is 13.9. The second-order valence-electron chi connectivity index (χ2n) is 7.61. The van der Waals surface area contributed by atoms with Crippen LogP contribution in [0, 0.1) is 11.7 Å². The van der Waals surface area contributed by atoms with Gasteiger partial charge in [0.1, 0.15) is 5.82 Å². The summed E-state index contributed by atoms with van der Waals surface area (Å²) < 4.78 is 39.3. The van der Waals surface area contributed by atoms with Crippen LogP contribution in [0.15, 0.2) is 60.0 Å². The monoisotopic (exact) mass is 430 g/mol. The molecule has 1 aliphatic rings. The number of likely N-dealkylation sites (tertiary alicyclic amines) is 1. The molecule has 1 heterocycles. The van der Waals surface area contributed by atoms with E-state index in [1.165, 1.54) is 35.9 Å². The fourth-order valence-corrected chi connectivity index (χ4v) is 4.40. The van der Waals surface area contributed by atoms with E-state index in [2.05, 4.69) is 29.0 Å². The van der Waals surface area contributed by atoms with Crippen LogP contribution in [0.1, 0.15) is 36.8 Å². The largest absolute Gasteiger partial charge is 0.331 e. The molecule has 1 saturated heterocycles. The Labute approximate surface area is 177 Å². The number of aryl methyl sites for hydroxylation is 1. The number of carbonyl (C=O) groups is 1. The summed E-state index contributed by atoms with van der Waals surface area (Å²) >= 11 is 0. The van der Waals surface area contributed by atoms with Gasteiger partial charge >= 0.3 is 6.03 Å². The highest BCUT2D eigenvalue weighted by atomic mass is 32.2. The Balaban J connectivity index is 1.41. The molecular formula is C23H27FN2O3S. The second kappa shape index (κ2) is 10.4. The van der Waals surface area contributed by atoms with Crippen molar-refractivity contribution in [1.29, 1.82) is 0 Å². The van der Waals surface area contributed by atoms with Gasteiger partial charge in [0.05, 0.1) is 5.41 Å². The Hall–Kier alpha value is -2.67. The zero-order valence-corrected chi connectivity index (χ0v) is 17.7. The van der Waals surface area contributed by atoms with Crippen LogP contribution < -0.4 is 4.72 Å². The number of amides is 2. The van der Waals surface area contributed by atoms with Gasteiger partial charge < -0.3 is 4.90 Å². The first kappa shape index (κ1) is 22.0. The summed E-state index contributed by atoms with van der Waals surface area (Å²) in [6.07, 6.45) is 6.38. The van der Waals surface area contributed by atoms with Crippen molar-refractivity contribution >= 4 is 22.1 Å². The first-order valence-electron chi connectivity index (χ1n) is 10.2. The molecule has 0 aromatic heterocycles. The van der Waals surface area contributed by atoms with Crippen molar-refractivity contribution in [3.8, 4) is 0 Å². The molecule has 30 heavy (non-hydrogen) atoms. The van der Waals surface area contributed by atoms with Crippen LogP contribution in [0.25, 0.3) is 6.08 Å². The minimum atomic E-state index is -3.91. The van der Waals surface area contributed by atoms with E-state index in [0.717, 1.165) is 37.5 Å². The third kappa shape index (κ3) is 6.99. The van der Waals surface area contributed by atoms with Crippen molar-refractivity contribution in [2.24, 2.45) is 5.92 Å². The quantitative estimate of drug-likeness (QED) is 0.700. The molecule has 0 saturated carbocycles. The van der Waals surface area contributed by atoms with Crippen LogP contribution in [0.2, 0.25) is 0 Å². The normalized spacial score (nSPS) is 15.4. The number of benzene rings is 2. The molecule has 2 aromatic rings. The topological polar surface area (TPSA) is 66.5 Å². The van der Waals surface area contributed by atoms with Gasteiger partial charge in [0.2, 0.25) is 0 Å². The number of carbonyl (C=O) groups excluding carboxylic acids is 1. The summed E-state index contributed by atoms with van der Waals surface area (Å²) in [5.41, 5.74) is 1.87. The Kier molecular flexibility index (Phi) is 7.63. The molecule has 1 N–H and O–H groups in total. The summed E-state index contributed by atoms with van der Waals surface area (Å²) in [5, 5.41) is 0.925. The Morgan fingerprint density at radius 1 is 1.07 bits per heavy atom. The second-order valence-corrected chi connectivity index (χ2v) is 9.18. The van der Waals surface area contributed by atoms with Crippen LogP contribution in [0.3, 0.4) is 0 Å². The first-order valence-corrected chi connectivity index (χ1v) is 11.8. The molecular weight excluding hydrogens is 403 g/mol. The van der Waals surface area contributed by atoms with Crippen molar-refractivity contribution in [2.45, 2.75) is 32.1 Å². The molecule has 1 fully saturated rings. The lowest BCUT2D eigenvalue weighted by molar-refractivity contribution is 0.172. The SMILES string of the molecule is O=C(NS(=O)(=O)/C=C/c1ccc(F)cc1)N1CCC(CCCc2ccccc2)CC1. The summed E-state index contributed by atoms with van der Waals surface area (Å²) in [7, 11) is -3.91. The number of hydrogen-bond donors (Lipinski definition) is 1. The van der Waals surface area contributed by atoms with Crippen LogP contribution in [0.4, 0.5) is 9.18 Å². The fourth-order valence-electron chi connectivity index (χ4n) is 3.63. The minimum Gasteiger partial charge on any atom is -0.324 e. The van der Waals surface area contributed by atoms with Crippen LogP contribution in [-0.2, 0) is 16.4 Å². The average Bonchev–Trinajstić information content (AvgIpc) is 2.74. The van der Waals surface area contributed by atoms with Crippen molar-refractivity contribution in [1.82, 2.24) is 9.62 Å². The van der Waals surface area contributed by atoms with Crippen molar-refractivity contribution in [3.05, 3.63) is 76.9 Å². The van der Waals surface area contributed by atoms with Crippen LogP contribution >= 0.6 is 0 Å². The predicted octanol–water partition coefficient (Wildman–Crippen LogP) is 4.57. The number of rotatable bonds is 7. The molecule has 5 nitrogen and oxygen atoms in total. The Morgan fingerprint density at radius 2 is 1.73 bits per heavy atom. The number of piperidine rings is 1. The molecule has 3 rings (SSSR count). The molecule has 0 atom stereocenters. The van der Waals surface area contributed by atoms with E-state index in [9.17, 15) is 17.6 Å². The van der Waals surface area contributed by atoms with E-state index >= 15 is 0 Å². The third-order valence-electron chi connectivity index (χ3n) is 5.36. The van der Waals surface area contributed by atoms with Gasteiger partial charge in [-0.3, -0.25) is 0 Å². The van der Waals surface area contributed by atoms with Gasteiger partial charge in [0.15, 0.2) is 0 Å². The lowest BCUT2D eigenvalue weighted by Crippen LogP contribution is -2.45. The van der Waals surface area contributed by atoms with Crippen LogP contribution in [-0.4, -0.2) is 32.4 Å². The van der Waals surface area contributed by atoms with Gasteiger partial charge in [0, 0.05) is 13.1 Å². The van der Waals surface area contributed by atoms with Gasteiger partial charge in [-0.25, -0.2) is 22.3 Å². The number of halogens is 1. The fraction of sp³-hybridized carbons (Fsp3) is 0.348. The van der Waals surface area contributed by atoms with Gasteiger partial charge in [-0.2, -0.15) is 0 Å². The highest BCUT2D eigenvalue weighted by molar-refractivity contribution is 7.93. The first-order chi connectivity index (χ1) is 14.4. The molecule has 160 valence electrons. The number of hydrogen-bond acceptors (Lipinski definition) is 3. The van der Waals surface area contributed by atoms with E-state index in [1.54, 1.807) is 4.90 Å². The number of sulfonamides is 1. The van der Waals surface area contributed by atoms with Gasteiger partial charge in [-0.15, -0.1) is 0 Å². The summed E-state index contributed by atoms with van der Waals surface area (Å²) in [6, 6.07) is 15.2. The highest BCUT2D eigenvalue weighted by Crippen LogP contribution is 2.23. The molecule has 7 heteroatoms. The van der Waals surface area contributed by atoms with E-state index < -0.39 is 21.9 Å². The van der Waals surface area contributed by atoms with Gasteiger partial charge in [0.25, 0.3) is 10.0 Å². The Morgan fingerprint density at radius 3 is 2.40 bits per heavy atom. The van der Waals surface area contributed by atoms with E-state index in [0.29, 0.717) is 24.6 Å². The molecule has 2 amide bonds. The minimum absolute atomic E-state index is 0.397. The van der Waals surface area contributed by atoms with Crippen molar-refractivity contribution < 1.29 is 17.6 Å². The maximum absolute atomic E-state index is 12.9. The molecule has 0 unspecified atom stereocenters. The molecule has 1 aliphatic heterocycles. The van der Waals surface area contributed by atoms with Gasteiger partial charge in [-0.05, 0) is 67.4 Å². The lowest BCUT2D eigenvalue weighted by atomic mass is 9.91. The molecule has 2 aromatic carbocycles. The molecule has 0 bridgehead atoms. The smallest absolute Gasteiger partial charge is 0.324 e. The molecule has 0 spiro atoms. The predicted molar refractivity (Wildman–Crippen MR) is 117 cm³/mol. The lowest BCUT2D eigenvalue weighted by Gasteiger charge is -2.31. The number of nitrogens with one attached hydrogen (secondary N) is 1. The summed E-state index contributed by atoms with van der Waals surface area (Å²) in [5.74, 6) is 0.166. The zero-order chi connectivity index (χ0) is 21.4. The van der Waals surface area contributed by atoms with E-state index in [1.807, 2.05) is 6.07 Å². The average molecular weight is 431 g/mol. The van der Waals surface area contributed by atoms with E-state index in [-0.39, 0.29) is 0 Å². The maximum atomic E-state index is 12.9. The molecule has 0 aliphatic carbocycles. The summed E-state index contributed by atoms with van der Waals surface area (Å²) in [6.45, 7) is 1.11. The maximum Gasteiger partial charge on any atom is 0.331 e. The van der Waals surface area contributed by atoms with Crippen molar-refractivity contribution in [2.75, 3.05) is 13.1 Å².